The van der Waals surface area contributed by atoms with E-state index in [1.54, 1.807) is 16.8 Å². The lowest BCUT2D eigenvalue weighted by atomic mass is 10.2. The summed E-state index contributed by atoms with van der Waals surface area (Å²) in [5, 5.41) is 3.32. The van der Waals surface area contributed by atoms with Crippen LogP contribution in [0.25, 0.3) is 5.65 Å². The van der Waals surface area contributed by atoms with Gasteiger partial charge < -0.3 is 14.8 Å². The van der Waals surface area contributed by atoms with Crippen molar-refractivity contribution in [3.8, 4) is 0 Å². The summed E-state index contributed by atoms with van der Waals surface area (Å²) in [6.45, 7) is 4.77. The van der Waals surface area contributed by atoms with E-state index in [1.165, 1.54) is 0 Å². The average Bonchev–Trinajstić information content (AvgIpc) is 3.37. The second kappa shape index (κ2) is 8.19. The fourth-order valence-corrected chi connectivity index (χ4v) is 3.63. The van der Waals surface area contributed by atoms with Crippen molar-refractivity contribution < 1.29 is 9.47 Å². The van der Waals surface area contributed by atoms with Gasteiger partial charge in [-0.2, -0.15) is 0 Å². The summed E-state index contributed by atoms with van der Waals surface area (Å²) >= 11 is 0. The Kier molecular flexibility index (Phi) is 5.50. The van der Waals surface area contributed by atoms with Crippen molar-refractivity contribution in [3.05, 3.63) is 39.8 Å². The van der Waals surface area contributed by atoms with E-state index in [0.717, 1.165) is 44.5 Å². The Bertz CT molecular complexity index is 881. The van der Waals surface area contributed by atoms with E-state index in [1.807, 2.05) is 19.1 Å². The zero-order valence-electron chi connectivity index (χ0n) is 15.7. The molecule has 2 aromatic rings. The quantitative estimate of drug-likeness (QED) is 0.789. The lowest BCUT2D eigenvalue weighted by Crippen LogP contribution is -2.26. The standard InChI is InChI=1S/C20H26N4O3/c1-14-5-2-8-24-19(14)23-18(22-12-16-7-4-10-27-16)17(20(24)25)13-21-11-15-6-3-9-26-15/h2,5,8,13,15-16,22H,3-4,6-7,9-12H2,1H3. The first-order chi connectivity index (χ1) is 13.2. The van der Waals surface area contributed by atoms with Crippen LogP contribution >= 0.6 is 0 Å². The number of pyridine rings is 1. The number of fused-ring (bicyclic) bond motifs is 1. The Labute approximate surface area is 158 Å². The normalized spacial score (nSPS) is 22.9. The molecular weight excluding hydrogens is 344 g/mol. The summed E-state index contributed by atoms with van der Waals surface area (Å²) in [6, 6.07) is 3.81. The van der Waals surface area contributed by atoms with E-state index in [2.05, 4.69) is 10.3 Å². The Balaban J connectivity index is 1.64. The Hall–Kier alpha value is -2.25. The Morgan fingerprint density at radius 3 is 2.81 bits per heavy atom. The number of aryl methyl sites for hydroxylation is 1. The van der Waals surface area contributed by atoms with Gasteiger partial charge in [0.2, 0.25) is 0 Å². The van der Waals surface area contributed by atoms with Crippen LogP contribution < -0.4 is 10.9 Å². The van der Waals surface area contributed by atoms with Gasteiger partial charge in [0, 0.05) is 32.2 Å². The van der Waals surface area contributed by atoms with Crippen LogP contribution in [0.1, 0.15) is 36.8 Å². The van der Waals surface area contributed by atoms with Crippen LogP contribution in [0.15, 0.2) is 28.1 Å². The number of aliphatic imine (C=N–C) groups is 1. The summed E-state index contributed by atoms with van der Waals surface area (Å²) in [6.07, 6.45) is 7.92. The number of nitrogens with zero attached hydrogens (tertiary/aromatic N) is 3. The number of hydrogen-bond donors (Lipinski definition) is 1. The van der Waals surface area contributed by atoms with Crippen LogP contribution in [0.4, 0.5) is 5.82 Å². The maximum Gasteiger partial charge on any atom is 0.268 e. The molecule has 0 spiro atoms. The van der Waals surface area contributed by atoms with Crippen LogP contribution in [0.2, 0.25) is 0 Å². The third kappa shape index (κ3) is 4.04. The molecule has 2 aliphatic rings. The van der Waals surface area contributed by atoms with Crippen molar-refractivity contribution in [1.29, 1.82) is 0 Å². The number of aromatic nitrogens is 2. The molecule has 2 atom stereocenters. The molecule has 2 unspecified atom stereocenters. The fraction of sp³-hybridized carbons (Fsp3) is 0.550. The summed E-state index contributed by atoms with van der Waals surface area (Å²) in [5.74, 6) is 0.570. The maximum atomic E-state index is 13.1. The summed E-state index contributed by atoms with van der Waals surface area (Å²) in [5.41, 5.74) is 1.98. The second-order valence-electron chi connectivity index (χ2n) is 7.21. The van der Waals surface area contributed by atoms with Crippen LogP contribution in [0.3, 0.4) is 0 Å². The van der Waals surface area contributed by atoms with Crippen molar-refractivity contribution in [3.63, 3.8) is 0 Å². The molecule has 2 fully saturated rings. The number of hydrogen-bond acceptors (Lipinski definition) is 6. The Morgan fingerprint density at radius 1 is 1.30 bits per heavy atom. The molecule has 2 aromatic heterocycles. The minimum Gasteiger partial charge on any atom is -0.376 e. The maximum absolute atomic E-state index is 13.1. The summed E-state index contributed by atoms with van der Waals surface area (Å²) in [4.78, 5) is 22.3. The SMILES string of the molecule is Cc1cccn2c(=O)c(C=NCC3CCCO3)c(NCC3CCCO3)nc12. The predicted molar refractivity (Wildman–Crippen MR) is 105 cm³/mol. The molecule has 0 amide bonds. The van der Waals surface area contributed by atoms with Crippen LogP contribution in [-0.2, 0) is 9.47 Å². The molecule has 0 radical (unpaired) electrons. The minimum atomic E-state index is -0.116. The monoisotopic (exact) mass is 370 g/mol. The number of rotatable bonds is 6. The van der Waals surface area contributed by atoms with E-state index < -0.39 is 0 Å². The molecule has 7 nitrogen and oxygen atoms in total. The summed E-state index contributed by atoms with van der Waals surface area (Å²) in [7, 11) is 0. The molecule has 2 saturated heterocycles. The molecule has 7 heteroatoms. The van der Waals surface area contributed by atoms with Crippen LogP contribution in [-0.4, -0.2) is 54.1 Å². The van der Waals surface area contributed by atoms with Gasteiger partial charge in [-0.1, -0.05) is 6.07 Å². The molecule has 4 rings (SSSR count). The topological polar surface area (TPSA) is 77.2 Å². The zero-order chi connectivity index (χ0) is 18.6. The lowest BCUT2D eigenvalue weighted by molar-refractivity contribution is 0.118. The van der Waals surface area contributed by atoms with Crippen molar-refractivity contribution >= 4 is 17.7 Å². The highest BCUT2D eigenvalue weighted by molar-refractivity contribution is 5.86. The third-order valence-electron chi connectivity index (χ3n) is 5.16. The number of anilines is 1. The molecule has 4 heterocycles. The molecule has 0 aliphatic carbocycles. The first kappa shape index (κ1) is 18.1. The van der Waals surface area contributed by atoms with Gasteiger partial charge in [0.05, 0.1) is 18.8 Å². The van der Waals surface area contributed by atoms with Gasteiger partial charge >= 0.3 is 0 Å². The fourth-order valence-electron chi connectivity index (χ4n) is 3.63. The van der Waals surface area contributed by atoms with Crippen LogP contribution in [0, 0.1) is 6.92 Å². The second-order valence-corrected chi connectivity index (χ2v) is 7.21. The van der Waals surface area contributed by atoms with Crippen molar-refractivity contribution in [2.24, 2.45) is 4.99 Å². The molecule has 27 heavy (non-hydrogen) atoms. The highest BCUT2D eigenvalue weighted by atomic mass is 16.5. The van der Waals surface area contributed by atoms with E-state index in [4.69, 9.17) is 14.5 Å². The van der Waals surface area contributed by atoms with E-state index in [9.17, 15) is 4.79 Å². The summed E-state index contributed by atoms with van der Waals surface area (Å²) < 4.78 is 12.9. The van der Waals surface area contributed by atoms with E-state index in [-0.39, 0.29) is 17.8 Å². The van der Waals surface area contributed by atoms with Gasteiger partial charge in [0.1, 0.15) is 17.0 Å². The van der Waals surface area contributed by atoms with Crippen molar-refractivity contribution in [1.82, 2.24) is 9.38 Å². The van der Waals surface area contributed by atoms with E-state index in [0.29, 0.717) is 30.1 Å². The van der Waals surface area contributed by atoms with Gasteiger partial charge in [-0.3, -0.25) is 14.2 Å². The predicted octanol–water partition coefficient (Wildman–Crippen LogP) is 2.19. The first-order valence-corrected chi connectivity index (χ1v) is 9.71. The molecule has 0 saturated carbocycles. The molecule has 144 valence electrons. The van der Waals surface area contributed by atoms with Gasteiger partial charge in [-0.05, 0) is 44.2 Å². The van der Waals surface area contributed by atoms with Gasteiger partial charge in [0.15, 0.2) is 0 Å². The third-order valence-corrected chi connectivity index (χ3v) is 5.16. The largest absolute Gasteiger partial charge is 0.376 e. The molecule has 0 aromatic carbocycles. The van der Waals surface area contributed by atoms with Crippen molar-refractivity contribution in [2.45, 2.75) is 44.8 Å². The minimum absolute atomic E-state index is 0.116. The smallest absolute Gasteiger partial charge is 0.268 e. The first-order valence-electron chi connectivity index (χ1n) is 9.71. The molecule has 1 N–H and O–H groups in total. The zero-order valence-corrected chi connectivity index (χ0v) is 15.7. The van der Waals surface area contributed by atoms with Gasteiger partial charge in [0.25, 0.3) is 5.56 Å². The van der Waals surface area contributed by atoms with Crippen molar-refractivity contribution in [2.75, 3.05) is 31.6 Å². The van der Waals surface area contributed by atoms with E-state index >= 15 is 0 Å². The number of ether oxygens (including phenoxy) is 2. The lowest BCUT2D eigenvalue weighted by Gasteiger charge is -2.14. The van der Waals surface area contributed by atoms with Gasteiger partial charge in [-0.15, -0.1) is 0 Å². The van der Waals surface area contributed by atoms with Gasteiger partial charge in [-0.25, -0.2) is 4.98 Å². The molecular formula is C20H26N4O3. The number of nitrogens with one attached hydrogen (secondary N) is 1. The average molecular weight is 370 g/mol. The molecule has 0 bridgehead atoms. The van der Waals surface area contributed by atoms with Crippen LogP contribution in [0.5, 0.6) is 0 Å². The Morgan fingerprint density at radius 2 is 2.07 bits per heavy atom. The highest BCUT2D eigenvalue weighted by Gasteiger charge is 2.18. The molecule has 2 aliphatic heterocycles. The highest BCUT2D eigenvalue weighted by Crippen LogP contribution is 2.16.